The Labute approximate surface area is 128 Å². The third-order valence-electron chi connectivity index (χ3n) is 4.29. The second kappa shape index (κ2) is 7.46. The van der Waals surface area contributed by atoms with E-state index in [0.717, 1.165) is 24.2 Å². The Morgan fingerprint density at radius 1 is 1.24 bits per heavy atom. The fourth-order valence-corrected chi connectivity index (χ4v) is 2.27. The highest BCUT2D eigenvalue weighted by atomic mass is 16.5. The number of ether oxygens (including phenoxy) is 1. The number of hydrogen-bond donors (Lipinski definition) is 2. The van der Waals surface area contributed by atoms with Crippen molar-refractivity contribution in [3.8, 4) is 5.75 Å². The minimum absolute atomic E-state index is 0.309. The topological polar surface area (TPSA) is 64.3 Å². The Morgan fingerprint density at radius 2 is 1.86 bits per heavy atom. The van der Waals surface area contributed by atoms with E-state index >= 15 is 0 Å². The second-order valence-electron chi connectivity index (χ2n) is 5.91. The van der Waals surface area contributed by atoms with Crippen molar-refractivity contribution in [2.24, 2.45) is 5.73 Å². The highest BCUT2D eigenvalue weighted by molar-refractivity contribution is 5.84. The summed E-state index contributed by atoms with van der Waals surface area (Å²) < 4.78 is 5.92. The van der Waals surface area contributed by atoms with Crippen molar-refractivity contribution in [1.82, 2.24) is 5.32 Å². The Balaban J connectivity index is 2.46. The minimum atomic E-state index is -0.630. The Bertz CT molecular complexity index is 500. The molecule has 0 aliphatic heterocycles. The maximum atomic E-state index is 11.4. The molecule has 4 nitrogen and oxygen atoms in total. The summed E-state index contributed by atoms with van der Waals surface area (Å²) in [7, 11) is 1.76. The number of aryl methyl sites for hydroxylation is 2. The molecule has 1 amide bonds. The monoisotopic (exact) mass is 292 g/mol. The van der Waals surface area contributed by atoms with Gasteiger partial charge in [0.15, 0.2) is 0 Å². The summed E-state index contributed by atoms with van der Waals surface area (Å²) in [5.41, 5.74) is 8.39. The largest absolute Gasteiger partial charge is 0.493 e. The summed E-state index contributed by atoms with van der Waals surface area (Å²) in [4.78, 5) is 11.4. The second-order valence-corrected chi connectivity index (χ2v) is 5.91. The number of likely N-dealkylation sites (N-methyl/N-ethyl adjacent to an activating group) is 1. The third kappa shape index (κ3) is 4.46. The molecule has 1 aromatic rings. The fraction of sp³-hybridized carbons (Fsp3) is 0.588. The molecule has 0 aliphatic carbocycles. The first-order valence-electron chi connectivity index (χ1n) is 7.50. The number of rotatable bonds is 8. The van der Waals surface area contributed by atoms with Crippen LogP contribution in [0.2, 0.25) is 0 Å². The highest BCUT2D eigenvalue weighted by Crippen LogP contribution is 2.26. The van der Waals surface area contributed by atoms with Crippen molar-refractivity contribution in [3.05, 3.63) is 28.8 Å². The molecule has 1 unspecified atom stereocenters. The molecule has 3 N–H and O–H groups in total. The van der Waals surface area contributed by atoms with Gasteiger partial charge in [0.25, 0.3) is 0 Å². The van der Waals surface area contributed by atoms with Crippen LogP contribution in [-0.2, 0) is 4.79 Å². The van der Waals surface area contributed by atoms with Crippen molar-refractivity contribution in [1.29, 1.82) is 0 Å². The standard InChI is InChI=1S/C17H28N2O2/c1-12-8-9-13(2)15(14(12)3)21-11-7-6-10-17(4,19-5)16(18)20/h8-9,19H,6-7,10-11H2,1-5H3,(H2,18,20). The number of nitrogens with one attached hydrogen (secondary N) is 1. The zero-order valence-electron chi connectivity index (χ0n) is 13.9. The predicted octanol–water partition coefficient (Wildman–Crippen LogP) is 2.62. The summed E-state index contributed by atoms with van der Waals surface area (Å²) in [6.45, 7) is 8.73. The van der Waals surface area contributed by atoms with Crippen molar-refractivity contribution >= 4 is 5.91 Å². The van der Waals surface area contributed by atoms with E-state index in [1.165, 1.54) is 11.1 Å². The molecular formula is C17H28N2O2. The van der Waals surface area contributed by atoms with Gasteiger partial charge in [0, 0.05) is 0 Å². The van der Waals surface area contributed by atoms with E-state index in [4.69, 9.17) is 10.5 Å². The average molecular weight is 292 g/mol. The van der Waals surface area contributed by atoms with E-state index in [9.17, 15) is 4.79 Å². The molecule has 4 heteroatoms. The van der Waals surface area contributed by atoms with Crippen molar-refractivity contribution in [2.75, 3.05) is 13.7 Å². The maximum absolute atomic E-state index is 11.4. The van der Waals surface area contributed by atoms with Crippen LogP contribution >= 0.6 is 0 Å². The van der Waals surface area contributed by atoms with Crippen molar-refractivity contribution in [3.63, 3.8) is 0 Å². The van der Waals surface area contributed by atoms with Crippen LogP contribution in [0.15, 0.2) is 12.1 Å². The summed E-state index contributed by atoms with van der Waals surface area (Å²) >= 11 is 0. The van der Waals surface area contributed by atoms with Crippen LogP contribution in [0.25, 0.3) is 0 Å². The van der Waals surface area contributed by atoms with Gasteiger partial charge in [-0.15, -0.1) is 0 Å². The minimum Gasteiger partial charge on any atom is -0.493 e. The zero-order chi connectivity index (χ0) is 16.0. The molecule has 0 heterocycles. The molecule has 0 saturated carbocycles. The summed E-state index contributed by atoms with van der Waals surface area (Å²) in [6, 6.07) is 4.20. The van der Waals surface area contributed by atoms with E-state index < -0.39 is 5.54 Å². The Kier molecular flexibility index (Phi) is 6.21. The quantitative estimate of drug-likeness (QED) is 0.724. The van der Waals surface area contributed by atoms with Gasteiger partial charge in [-0.25, -0.2) is 0 Å². The van der Waals surface area contributed by atoms with Crippen LogP contribution in [0.1, 0.15) is 42.9 Å². The normalized spacial score (nSPS) is 13.8. The smallest absolute Gasteiger partial charge is 0.237 e. The van der Waals surface area contributed by atoms with Gasteiger partial charge in [-0.1, -0.05) is 12.1 Å². The molecule has 0 aliphatic rings. The van der Waals surface area contributed by atoms with Crippen LogP contribution in [-0.4, -0.2) is 25.1 Å². The van der Waals surface area contributed by atoms with Crippen LogP contribution in [0.4, 0.5) is 0 Å². The van der Waals surface area contributed by atoms with Gasteiger partial charge in [-0.3, -0.25) is 4.79 Å². The molecule has 0 fully saturated rings. The zero-order valence-corrected chi connectivity index (χ0v) is 13.9. The number of unbranched alkanes of at least 4 members (excludes halogenated alkanes) is 1. The molecule has 1 aromatic carbocycles. The molecule has 0 spiro atoms. The number of carbonyl (C=O) groups excluding carboxylic acids is 1. The molecule has 0 aromatic heterocycles. The number of hydrogen-bond acceptors (Lipinski definition) is 3. The molecule has 1 atom stereocenters. The van der Waals surface area contributed by atoms with Gasteiger partial charge in [0.2, 0.25) is 5.91 Å². The number of amides is 1. The average Bonchev–Trinajstić information content (AvgIpc) is 2.45. The van der Waals surface area contributed by atoms with Gasteiger partial charge in [-0.05, 0) is 70.7 Å². The first kappa shape index (κ1) is 17.5. The third-order valence-corrected chi connectivity index (χ3v) is 4.29. The van der Waals surface area contributed by atoms with Gasteiger partial charge >= 0.3 is 0 Å². The Morgan fingerprint density at radius 3 is 2.43 bits per heavy atom. The van der Waals surface area contributed by atoms with E-state index in [2.05, 4.69) is 38.2 Å². The van der Waals surface area contributed by atoms with Crippen molar-refractivity contribution in [2.45, 2.75) is 52.5 Å². The lowest BCUT2D eigenvalue weighted by atomic mass is 9.94. The van der Waals surface area contributed by atoms with Crippen LogP contribution < -0.4 is 15.8 Å². The first-order valence-corrected chi connectivity index (χ1v) is 7.50. The summed E-state index contributed by atoms with van der Waals surface area (Å²) in [5.74, 6) is 0.678. The molecule has 0 saturated heterocycles. The predicted molar refractivity (Wildman–Crippen MR) is 86.7 cm³/mol. The van der Waals surface area contributed by atoms with Gasteiger partial charge in [-0.2, -0.15) is 0 Å². The number of primary amides is 1. The molecule has 0 bridgehead atoms. The van der Waals surface area contributed by atoms with Gasteiger partial charge in [0.05, 0.1) is 12.1 Å². The van der Waals surface area contributed by atoms with Gasteiger partial charge in [0.1, 0.15) is 5.75 Å². The van der Waals surface area contributed by atoms with Crippen LogP contribution in [0, 0.1) is 20.8 Å². The lowest BCUT2D eigenvalue weighted by Crippen LogP contribution is -2.51. The SMILES string of the molecule is CNC(C)(CCCCOc1c(C)ccc(C)c1C)C(N)=O. The maximum Gasteiger partial charge on any atom is 0.237 e. The molecule has 1 rings (SSSR count). The van der Waals surface area contributed by atoms with Crippen molar-refractivity contribution < 1.29 is 9.53 Å². The highest BCUT2D eigenvalue weighted by Gasteiger charge is 2.27. The van der Waals surface area contributed by atoms with E-state index in [0.29, 0.717) is 13.0 Å². The lowest BCUT2D eigenvalue weighted by molar-refractivity contribution is -0.123. The number of carbonyl (C=O) groups is 1. The fourth-order valence-electron chi connectivity index (χ4n) is 2.27. The van der Waals surface area contributed by atoms with E-state index in [1.54, 1.807) is 7.05 Å². The summed E-state index contributed by atoms with van der Waals surface area (Å²) in [5, 5.41) is 3.00. The van der Waals surface area contributed by atoms with Crippen LogP contribution in [0.5, 0.6) is 5.75 Å². The molecule has 21 heavy (non-hydrogen) atoms. The number of nitrogens with two attached hydrogens (primary N) is 1. The lowest BCUT2D eigenvalue weighted by Gasteiger charge is -2.25. The first-order chi connectivity index (χ1) is 9.81. The van der Waals surface area contributed by atoms with Gasteiger partial charge < -0.3 is 15.8 Å². The Hall–Kier alpha value is -1.55. The van der Waals surface area contributed by atoms with E-state index in [1.807, 2.05) is 6.92 Å². The molecule has 0 radical (unpaired) electrons. The summed E-state index contributed by atoms with van der Waals surface area (Å²) in [6.07, 6.45) is 2.51. The van der Waals surface area contributed by atoms with Crippen LogP contribution in [0.3, 0.4) is 0 Å². The molecule has 118 valence electrons. The molecular weight excluding hydrogens is 264 g/mol. The number of benzene rings is 1. The van der Waals surface area contributed by atoms with E-state index in [-0.39, 0.29) is 5.91 Å².